The van der Waals surface area contributed by atoms with E-state index < -0.39 is 60.4 Å². The molecular weight excluding hydrogens is 582 g/mol. The number of benzene rings is 1. The molecule has 2 saturated heterocycles. The van der Waals surface area contributed by atoms with E-state index in [0.29, 0.717) is 4.31 Å². The Kier molecular flexibility index (Phi) is 6.66. The van der Waals surface area contributed by atoms with Crippen LogP contribution in [0.3, 0.4) is 0 Å². The number of anilines is 1. The molecule has 0 radical (unpaired) electrons. The summed E-state index contributed by atoms with van der Waals surface area (Å²) in [5.74, 6) is -2.77. The second kappa shape index (κ2) is 9.56. The predicted octanol–water partition coefficient (Wildman–Crippen LogP) is 1.19. The van der Waals surface area contributed by atoms with Gasteiger partial charge in [-0.1, -0.05) is 0 Å². The molecule has 2 fully saturated rings. The number of imidazole rings is 1. The number of carbonyl (C=O) groups is 1. The average Bonchev–Trinajstić information content (AvgIpc) is 3.58. The first-order valence-corrected chi connectivity index (χ1v) is 15.1. The fourth-order valence-electron chi connectivity index (χ4n) is 5.30. The van der Waals surface area contributed by atoms with Crippen LogP contribution in [0.2, 0.25) is 0 Å². The topological polar surface area (TPSA) is 170 Å². The number of halogens is 2. The number of nitrogens with one attached hydrogen (secondary N) is 3. The van der Waals surface area contributed by atoms with Gasteiger partial charge < -0.3 is 15.2 Å². The summed E-state index contributed by atoms with van der Waals surface area (Å²) in [6.07, 6.45) is 3.21. The highest BCUT2D eigenvalue weighted by Gasteiger charge is 2.67. The van der Waals surface area contributed by atoms with Gasteiger partial charge in [0.2, 0.25) is 16.0 Å². The summed E-state index contributed by atoms with van der Waals surface area (Å²) in [6, 6.07) is 5.70. The third-order valence-electron chi connectivity index (χ3n) is 7.65. The number of sulfonamides is 2. The molecule has 13 nitrogen and oxygen atoms in total. The van der Waals surface area contributed by atoms with Gasteiger partial charge in [-0.15, -0.1) is 0 Å². The van der Waals surface area contributed by atoms with Gasteiger partial charge >= 0.3 is 0 Å². The zero-order valence-corrected chi connectivity index (χ0v) is 23.7. The van der Waals surface area contributed by atoms with Crippen molar-refractivity contribution < 1.29 is 30.4 Å². The number of aromatic nitrogens is 3. The maximum absolute atomic E-state index is 15.6. The molecule has 0 bridgehead atoms. The molecule has 1 spiro atoms. The van der Waals surface area contributed by atoms with Crippen molar-refractivity contribution in [3.63, 3.8) is 0 Å². The lowest BCUT2D eigenvalue weighted by molar-refractivity contribution is 0.102. The van der Waals surface area contributed by atoms with E-state index in [1.807, 2.05) is 0 Å². The largest absolute Gasteiger partial charge is 0.345 e. The smallest absolute Gasteiger partial charge is 0.274 e. The van der Waals surface area contributed by atoms with Crippen molar-refractivity contribution in [1.29, 1.82) is 5.41 Å². The summed E-state index contributed by atoms with van der Waals surface area (Å²) < 4.78 is 84.8. The number of hydrogen-bond acceptors (Lipinski definition) is 8. The highest BCUT2D eigenvalue weighted by atomic mass is 32.2. The van der Waals surface area contributed by atoms with E-state index in [4.69, 9.17) is 5.41 Å². The molecule has 1 amide bonds. The third-order valence-corrected chi connectivity index (χ3v) is 12.0. The van der Waals surface area contributed by atoms with E-state index >= 15 is 4.39 Å². The first-order valence-electron chi connectivity index (χ1n) is 12.2. The molecule has 17 heteroatoms. The minimum atomic E-state index is -4.46. The Balaban J connectivity index is 1.59. The fraction of sp³-hybridized carbons (Fsp3) is 0.333. The van der Waals surface area contributed by atoms with Gasteiger partial charge in [0.25, 0.3) is 15.9 Å². The van der Waals surface area contributed by atoms with Crippen molar-refractivity contribution in [2.24, 2.45) is 7.05 Å². The van der Waals surface area contributed by atoms with Crippen LogP contribution in [0.4, 0.5) is 14.5 Å². The number of pyridine rings is 1. The first-order chi connectivity index (χ1) is 19.1. The van der Waals surface area contributed by atoms with Crippen molar-refractivity contribution in [3.05, 3.63) is 71.9 Å². The molecule has 2 atom stereocenters. The fourth-order valence-corrected chi connectivity index (χ4v) is 9.00. The number of hydrogen-bond donors (Lipinski definition) is 3. The van der Waals surface area contributed by atoms with Crippen molar-refractivity contribution in [2.45, 2.75) is 28.7 Å². The van der Waals surface area contributed by atoms with E-state index in [1.165, 1.54) is 36.1 Å². The highest BCUT2D eigenvalue weighted by Crippen LogP contribution is 2.50. The van der Waals surface area contributed by atoms with Crippen LogP contribution in [0, 0.1) is 17.0 Å². The molecule has 0 saturated carbocycles. The maximum atomic E-state index is 15.6. The van der Waals surface area contributed by atoms with Crippen LogP contribution in [0.25, 0.3) is 0 Å². The zero-order chi connectivity index (χ0) is 30.0. The van der Waals surface area contributed by atoms with Gasteiger partial charge in [0.15, 0.2) is 5.03 Å². The van der Waals surface area contributed by atoms with E-state index in [2.05, 4.69) is 20.6 Å². The summed E-state index contributed by atoms with van der Waals surface area (Å²) in [5, 5.41) is 13.4. The lowest BCUT2D eigenvalue weighted by Crippen LogP contribution is -2.74. The SMILES string of the molecule is CN1C(=N)N[C@@](C)(c2cc(NC(=O)c3ccc(F)cn3)ccc2F)[C@@]2(CCN(S(=O)(=O)c3cn(C)cn3)C2)S1(=O)=O. The lowest BCUT2D eigenvalue weighted by Gasteiger charge is -2.52. The maximum Gasteiger partial charge on any atom is 0.274 e. The Morgan fingerprint density at radius 1 is 1.17 bits per heavy atom. The predicted molar refractivity (Wildman–Crippen MR) is 143 cm³/mol. The van der Waals surface area contributed by atoms with Crippen LogP contribution in [-0.4, -0.2) is 76.7 Å². The van der Waals surface area contributed by atoms with Crippen LogP contribution < -0.4 is 10.6 Å². The van der Waals surface area contributed by atoms with Crippen molar-refractivity contribution >= 4 is 37.6 Å². The number of guanidine groups is 1. The number of amides is 1. The monoisotopic (exact) mass is 608 g/mol. The molecule has 0 aliphatic carbocycles. The highest BCUT2D eigenvalue weighted by molar-refractivity contribution is 7.91. The van der Waals surface area contributed by atoms with Gasteiger partial charge in [-0.05, 0) is 43.7 Å². The molecule has 41 heavy (non-hydrogen) atoms. The minimum Gasteiger partial charge on any atom is -0.345 e. The van der Waals surface area contributed by atoms with Crippen molar-refractivity contribution in [2.75, 3.05) is 25.5 Å². The molecule has 4 heterocycles. The Morgan fingerprint density at radius 3 is 2.54 bits per heavy atom. The van der Waals surface area contributed by atoms with Gasteiger partial charge in [-0.25, -0.2) is 39.9 Å². The van der Waals surface area contributed by atoms with Crippen molar-refractivity contribution in [1.82, 2.24) is 28.5 Å². The molecule has 2 aliphatic rings. The van der Waals surface area contributed by atoms with Crippen LogP contribution in [0.1, 0.15) is 29.4 Å². The summed E-state index contributed by atoms with van der Waals surface area (Å²) in [5.41, 5.74) is -2.15. The molecule has 3 aromatic rings. The Labute approximate surface area is 234 Å². The summed E-state index contributed by atoms with van der Waals surface area (Å²) in [7, 11) is -5.94. The van der Waals surface area contributed by atoms with E-state index in [0.717, 1.165) is 35.7 Å². The quantitative estimate of drug-likeness (QED) is 0.388. The lowest BCUT2D eigenvalue weighted by atomic mass is 9.77. The number of nitrogens with zero attached hydrogens (tertiary/aromatic N) is 5. The van der Waals surface area contributed by atoms with Crippen LogP contribution >= 0.6 is 0 Å². The van der Waals surface area contributed by atoms with E-state index in [9.17, 15) is 26.0 Å². The molecular formula is C24H26F2N8O5S2. The Bertz CT molecular complexity index is 1780. The van der Waals surface area contributed by atoms with Crippen LogP contribution in [-0.2, 0) is 32.6 Å². The number of rotatable bonds is 5. The molecule has 5 rings (SSSR count). The summed E-state index contributed by atoms with van der Waals surface area (Å²) in [4.78, 5) is 20.3. The second-order valence-electron chi connectivity index (χ2n) is 10.0. The van der Waals surface area contributed by atoms with Gasteiger partial charge in [-0.2, -0.15) is 4.31 Å². The normalized spacial score (nSPS) is 24.4. The molecule has 2 aliphatic heterocycles. The molecule has 0 unspecified atom stereocenters. The van der Waals surface area contributed by atoms with Crippen LogP contribution in [0.15, 0.2) is 54.1 Å². The number of carbonyl (C=O) groups excluding carboxylic acids is 1. The standard InChI is InChI=1S/C24H26F2N8O5S2/c1-23(17-10-16(5-6-18(17)26)30-21(35)19-7-4-15(25)11-28-19)24(41(38,39)33(3)22(27)31-23)8-9-34(13-24)40(36,37)20-12-32(2)14-29-20/h4-7,10-12,14H,8-9,13H2,1-3H3,(H2,27,31)(H,30,35)/t23-,24-/m0/s1. The minimum absolute atomic E-state index is 0.0644. The van der Waals surface area contributed by atoms with Gasteiger partial charge in [0, 0.05) is 44.6 Å². The molecule has 218 valence electrons. The third kappa shape index (κ3) is 4.34. The summed E-state index contributed by atoms with van der Waals surface area (Å²) >= 11 is 0. The average molecular weight is 609 g/mol. The van der Waals surface area contributed by atoms with Gasteiger partial charge in [-0.3, -0.25) is 10.2 Å². The number of aryl methyl sites for hydroxylation is 1. The molecule has 3 N–H and O–H groups in total. The van der Waals surface area contributed by atoms with E-state index in [1.54, 1.807) is 7.05 Å². The van der Waals surface area contributed by atoms with E-state index in [-0.39, 0.29) is 34.9 Å². The summed E-state index contributed by atoms with van der Waals surface area (Å²) in [6.45, 7) is 0.601. The Hall–Kier alpha value is -3.96. The molecule has 1 aromatic carbocycles. The van der Waals surface area contributed by atoms with Crippen LogP contribution in [0.5, 0.6) is 0 Å². The van der Waals surface area contributed by atoms with Gasteiger partial charge in [0.1, 0.15) is 22.1 Å². The molecule has 2 aromatic heterocycles. The first kappa shape index (κ1) is 28.6. The van der Waals surface area contributed by atoms with Crippen molar-refractivity contribution in [3.8, 4) is 0 Å². The second-order valence-corrected chi connectivity index (χ2v) is 14.2. The zero-order valence-electron chi connectivity index (χ0n) is 22.1. The van der Waals surface area contributed by atoms with Gasteiger partial charge in [0.05, 0.1) is 18.1 Å². The Morgan fingerprint density at radius 2 is 1.90 bits per heavy atom.